The van der Waals surface area contributed by atoms with Gasteiger partial charge in [-0.05, 0) is 37.5 Å². The van der Waals surface area contributed by atoms with Gasteiger partial charge in [0, 0.05) is 23.2 Å². The Morgan fingerprint density at radius 3 is 2.71 bits per heavy atom. The molecule has 0 aromatic heterocycles. The quantitative estimate of drug-likeness (QED) is 0.797. The van der Waals surface area contributed by atoms with E-state index in [0.717, 1.165) is 6.42 Å². The van der Waals surface area contributed by atoms with Gasteiger partial charge in [-0.3, -0.25) is 0 Å². The van der Waals surface area contributed by atoms with Crippen LogP contribution in [0.5, 0.6) is 0 Å². The first-order valence-corrected chi connectivity index (χ1v) is 6.58. The number of halogens is 2. The minimum absolute atomic E-state index is 0.197. The zero-order valence-electron chi connectivity index (χ0n) is 10.8. The highest BCUT2D eigenvalue weighted by atomic mass is 35.5. The van der Waals surface area contributed by atoms with Crippen LogP contribution in [-0.4, -0.2) is 6.04 Å². The minimum atomic E-state index is -0.197. The summed E-state index contributed by atoms with van der Waals surface area (Å²) in [6, 6.07) is 5.06. The summed E-state index contributed by atoms with van der Waals surface area (Å²) in [7, 11) is 0. The smallest absolute Gasteiger partial charge is 0.127 e. The van der Waals surface area contributed by atoms with E-state index in [2.05, 4.69) is 26.1 Å². The van der Waals surface area contributed by atoms with Gasteiger partial charge in [0.25, 0.3) is 0 Å². The van der Waals surface area contributed by atoms with Crippen molar-refractivity contribution in [1.82, 2.24) is 5.32 Å². The van der Waals surface area contributed by atoms with Gasteiger partial charge in [0.05, 0.1) is 0 Å². The highest BCUT2D eigenvalue weighted by Gasteiger charge is 2.08. The summed E-state index contributed by atoms with van der Waals surface area (Å²) in [6.07, 6.45) is 2.29. The third-order valence-corrected chi connectivity index (χ3v) is 3.34. The lowest BCUT2D eigenvalue weighted by Crippen LogP contribution is -2.27. The monoisotopic (exact) mass is 257 g/mol. The largest absolute Gasteiger partial charge is 0.310 e. The molecular formula is C14H21ClFN. The molecule has 0 fully saturated rings. The van der Waals surface area contributed by atoms with Crippen LogP contribution in [0.15, 0.2) is 18.2 Å². The summed E-state index contributed by atoms with van der Waals surface area (Å²) >= 11 is 5.84. The number of hydrogen-bond acceptors (Lipinski definition) is 1. The number of rotatable bonds is 6. The fourth-order valence-corrected chi connectivity index (χ4v) is 2.01. The lowest BCUT2D eigenvalue weighted by atomic mass is 10.0. The van der Waals surface area contributed by atoms with Crippen LogP contribution in [0, 0.1) is 11.7 Å². The van der Waals surface area contributed by atoms with E-state index >= 15 is 0 Å². The zero-order chi connectivity index (χ0) is 12.8. The molecule has 1 rings (SSSR count). The minimum Gasteiger partial charge on any atom is -0.310 e. The molecule has 0 aliphatic heterocycles. The summed E-state index contributed by atoms with van der Waals surface area (Å²) in [6.45, 7) is 7.09. The third-order valence-electron chi connectivity index (χ3n) is 3.10. The molecule has 96 valence electrons. The van der Waals surface area contributed by atoms with E-state index in [0.29, 0.717) is 29.1 Å². The van der Waals surface area contributed by atoms with Crippen LogP contribution in [0.3, 0.4) is 0 Å². The van der Waals surface area contributed by atoms with Gasteiger partial charge < -0.3 is 5.32 Å². The van der Waals surface area contributed by atoms with Gasteiger partial charge in [-0.2, -0.15) is 0 Å². The van der Waals surface area contributed by atoms with Gasteiger partial charge in [-0.15, -0.1) is 0 Å². The molecule has 0 saturated heterocycles. The van der Waals surface area contributed by atoms with Crippen molar-refractivity contribution in [3.63, 3.8) is 0 Å². The summed E-state index contributed by atoms with van der Waals surface area (Å²) < 4.78 is 13.5. The Morgan fingerprint density at radius 2 is 2.06 bits per heavy atom. The lowest BCUT2D eigenvalue weighted by molar-refractivity contribution is 0.409. The first kappa shape index (κ1) is 14.5. The summed E-state index contributed by atoms with van der Waals surface area (Å²) in [5.41, 5.74) is 0.633. The Bertz CT molecular complexity index is 354. The highest BCUT2D eigenvalue weighted by molar-refractivity contribution is 6.30. The predicted octanol–water partition coefficient (Wildman–Crippen LogP) is 4.39. The average Bonchev–Trinajstić information content (AvgIpc) is 2.30. The Balaban J connectivity index is 2.47. The van der Waals surface area contributed by atoms with E-state index in [9.17, 15) is 4.39 Å². The maximum atomic E-state index is 13.5. The van der Waals surface area contributed by atoms with Crippen molar-refractivity contribution in [3.05, 3.63) is 34.6 Å². The van der Waals surface area contributed by atoms with Crippen LogP contribution in [0.4, 0.5) is 4.39 Å². The summed E-state index contributed by atoms with van der Waals surface area (Å²) in [4.78, 5) is 0. The Kier molecular flexibility index (Phi) is 5.93. The normalized spacial score (nSPS) is 14.6. The van der Waals surface area contributed by atoms with Crippen LogP contribution in [0.25, 0.3) is 0 Å². The van der Waals surface area contributed by atoms with Gasteiger partial charge in [0.2, 0.25) is 0 Å². The molecule has 0 aliphatic rings. The van der Waals surface area contributed by atoms with E-state index in [-0.39, 0.29) is 5.82 Å². The predicted molar refractivity (Wildman–Crippen MR) is 71.8 cm³/mol. The molecule has 0 amide bonds. The molecule has 0 spiro atoms. The molecule has 2 unspecified atom stereocenters. The van der Waals surface area contributed by atoms with Crippen molar-refractivity contribution in [2.75, 3.05) is 0 Å². The second kappa shape index (κ2) is 6.97. The number of nitrogens with one attached hydrogen (secondary N) is 1. The van der Waals surface area contributed by atoms with Crippen molar-refractivity contribution >= 4 is 11.6 Å². The van der Waals surface area contributed by atoms with E-state index in [1.807, 2.05) is 0 Å². The van der Waals surface area contributed by atoms with Crippen LogP contribution < -0.4 is 5.32 Å². The summed E-state index contributed by atoms with van der Waals surface area (Å²) in [5, 5.41) is 3.91. The van der Waals surface area contributed by atoms with E-state index < -0.39 is 0 Å². The standard InChI is InChI=1S/C14H21ClFN/c1-4-10(2)7-11(3)17-9-12-8-13(15)5-6-14(12)16/h5-6,8,10-11,17H,4,7,9H2,1-3H3. The molecule has 0 aliphatic carbocycles. The molecule has 0 saturated carbocycles. The average molecular weight is 258 g/mol. The van der Waals surface area contributed by atoms with Crippen LogP contribution in [0.2, 0.25) is 5.02 Å². The molecule has 1 aromatic carbocycles. The fraction of sp³-hybridized carbons (Fsp3) is 0.571. The van der Waals surface area contributed by atoms with Crippen molar-refractivity contribution in [1.29, 1.82) is 0 Å². The molecular weight excluding hydrogens is 237 g/mol. The molecule has 0 radical (unpaired) electrons. The van der Waals surface area contributed by atoms with Gasteiger partial charge >= 0.3 is 0 Å². The number of benzene rings is 1. The second-order valence-corrected chi connectivity index (χ2v) is 5.20. The second-order valence-electron chi connectivity index (χ2n) is 4.77. The zero-order valence-corrected chi connectivity index (χ0v) is 11.5. The topological polar surface area (TPSA) is 12.0 Å². The van der Waals surface area contributed by atoms with Gasteiger partial charge in [0.15, 0.2) is 0 Å². The van der Waals surface area contributed by atoms with Crippen molar-refractivity contribution in [3.8, 4) is 0 Å². The maximum absolute atomic E-state index is 13.5. The lowest BCUT2D eigenvalue weighted by Gasteiger charge is -2.17. The molecule has 0 bridgehead atoms. The molecule has 2 atom stereocenters. The molecule has 1 aromatic rings. The molecule has 1 nitrogen and oxygen atoms in total. The Hall–Kier alpha value is -0.600. The molecule has 1 N–H and O–H groups in total. The van der Waals surface area contributed by atoms with E-state index in [4.69, 9.17) is 11.6 Å². The first-order chi connectivity index (χ1) is 8.02. The van der Waals surface area contributed by atoms with Gasteiger partial charge in [0.1, 0.15) is 5.82 Å². The van der Waals surface area contributed by atoms with E-state index in [1.54, 1.807) is 12.1 Å². The van der Waals surface area contributed by atoms with Crippen molar-refractivity contribution < 1.29 is 4.39 Å². The van der Waals surface area contributed by atoms with Crippen LogP contribution in [0.1, 0.15) is 39.2 Å². The van der Waals surface area contributed by atoms with Crippen molar-refractivity contribution in [2.24, 2.45) is 5.92 Å². The molecule has 17 heavy (non-hydrogen) atoms. The fourth-order valence-electron chi connectivity index (χ4n) is 1.82. The van der Waals surface area contributed by atoms with Gasteiger partial charge in [-0.25, -0.2) is 4.39 Å². The Morgan fingerprint density at radius 1 is 1.35 bits per heavy atom. The molecule has 0 heterocycles. The summed E-state index contributed by atoms with van der Waals surface area (Å²) in [5.74, 6) is 0.499. The highest BCUT2D eigenvalue weighted by Crippen LogP contribution is 2.15. The Labute approximate surface area is 108 Å². The van der Waals surface area contributed by atoms with Crippen molar-refractivity contribution in [2.45, 2.75) is 46.2 Å². The molecule has 3 heteroatoms. The number of hydrogen-bond donors (Lipinski definition) is 1. The SMILES string of the molecule is CCC(C)CC(C)NCc1cc(Cl)ccc1F. The van der Waals surface area contributed by atoms with Crippen LogP contribution >= 0.6 is 11.6 Å². The van der Waals surface area contributed by atoms with Crippen LogP contribution in [-0.2, 0) is 6.54 Å². The first-order valence-electron chi connectivity index (χ1n) is 6.20. The van der Waals surface area contributed by atoms with E-state index in [1.165, 1.54) is 12.5 Å². The maximum Gasteiger partial charge on any atom is 0.127 e. The van der Waals surface area contributed by atoms with Gasteiger partial charge in [-0.1, -0.05) is 31.9 Å². The third kappa shape index (κ3) is 5.05.